The standard InChI is InChI=1S/C9H15N5O3/c1-5(2)4-6(9(16)17-3)10-8(15)7-11-13-14-12-7/h5-6H,4H2,1-3H3,(H,10,15)(H,11,12,13,14). The molecule has 0 aromatic carbocycles. The lowest BCUT2D eigenvalue weighted by atomic mass is 10.0. The molecule has 0 aliphatic carbocycles. The Morgan fingerprint density at radius 3 is 2.65 bits per heavy atom. The number of carbonyl (C=O) groups excluding carboxylic acids is 2. The lowest BCUT2D eigenvalue weighted by Gasteiger charge is -2.17. The number of amides is 1. The highest BCUT2D eigenvalue weighted by Gasteiger charge is 2.24. The molecule has 0 saturated carbocycles. The van der Waals surface area contributed by atoms with Crippen molar-refractivity contribution >= 4 is 11.9 Å². The van der Waals surface area contributed by atoms with Crippen molar-refractivity contribution in [3.8, 4) is 0 Å². The van der Waals surface area contributed by atoms with Gasteiger partial charge in [-0.05, 0) is 17.6 Å². The van der Waals surface area contributed by atoms with Crippen LogP contribution in [0.5, 0.6) is 0 Å². The summed E-state index contributed by atoms with van der Waals surface area (Å²) in [5.74, 6) is -0.919. The summed E-state index contributed by atoms with van der Waals surface area (Å²) in [6.45, 7) is 3.88. The van der Waals surface area contributed by atoms with Crippen LogP contribution in [0.15, 0.2) is 0 Å². The first-order chi connectivity index (χ1) is 8.04. The number of tetrazole rings is 1. The topological polar surface area (TPSA) is 110 Å². The summed E-state index contributed by atoms with van der Waals surface area (Å²) < 4.78 is 4.61. The summed E-state index contributed by atoms with van der Waals surface area (Å²) in [6, 6.07) is -0.703. The summed E-state index contributed by atoms with van der Waals surface area (Å²) >= 11 is 0. The van der Waals surface area contributed by atoms with Gasteiger partial charge in [-0.2, -0.15) is 5.21 Å². The number of H-pyrrole nitrogens is 1. The summed E-state index contributed by atoms with van der Waals surface area (Å²) in [5.41, 5.74) is 0. The fourth-order valence-electron chi connectivity index (χ4n) is 1.31. The summed E-state index contributed by atoms with van der Waals surface area (Å²) in [4.78, 5) is 23.1. The van der Waals surface area contributed by atoms with E-state index in [9.17, 15) is 9.59 Å². The van der Waals surface area contributed by atoms with Crippen LogP contribution in [-0.4, -0.2) is 45.7 Å². The third kappa shape index (κ3) is 3.82. The Bertz CT molecular complexity index is 376. The highest BCUT2D eigenvalue weighted by molar-refractivity contribution is 5.93. The Labute approximate surface area is 98.1 Å². The summed E-state index contributed by atoms with van der Waals surface area (Å²) in [7, 11) is 1.27. The van der Waals surface area contributed by atoms with E-state index in [4.69, 9.17) is 0 Å². The molecular weight excluding hydrogens is 226 g/mol. The number of ether oxygens (including phenoxy) is 1. The Kier molecular flexibility index (Phi) is 4.56. The number of aromatic amines is 1. The van der Waals surface area contributed by atoms with Gasteiger partial charge in [0.05, 0.1) is 7.11 Å². The number of aromatic nitrogens is 4. The van der Waals surface area contributed by atoms with E-state index in [0.717, 1.165) is 0 Å². The van der Waals surface area contributed by atoms with Crippen molar-refractivity contribution in [2.45, 2.75) is 26.3 Å². The molecule has 0 fully saturated rings. The Morgan fingerprint density at radius 2 is 2.18 bits per heavy atom. The molecule has 8 nitrogen and oxygen atoms in total. The van der Waals surface area contributed by atoms with Crippen LogP contribution in [0.4, 0.5) is 0 Å². The highest BCUT2D eigenvalue weighted by atomic mass is 16.5. The zero-order chi connectivity index (χ0) is 12.8. The second-order valence-electron chi connectivity index (χ2n) is 3.91. The first kappa shape index (κ1) is 13.1. The van der Waals surface area contributed by atoms with E-state index in [1.54, 1.807) is 0 Å². The molecule has 1 atom stereocenters. The normalized spacial score (nSPS) is 12.2. The van der Waals surface area contributed by atoms with Crippen molar-refractivity contribution < 1.29 is 14.3 Å². The maximum Gasteiger partial charge on any atom is 0.328 e. The lowest BCUT2D eigenvalue weighted by Crippen LogP contribution is -2.42. The molecule has 17 heavy (non-hydrogen) atoms. The first-order valence-electron chi connectivity index (χ1n) is 5.16. The van der Waals surface area contributed by atoms with Gasteiger partial charge in [-0.1, -0.05) is 13.8 Å². The van der Waals surface area contributed by atoms with Crippen LogP contribution in [0.25, 0.3) is 0 Å². The van der Waals surface area contributed by atoms with Crippen molar-refractivity contribution in [2.75, 3.05) is 7.11 Å². The van der Waals surface area contributed by atoms with Crippen LogP contribution in [0.1, 0.15) is 30.9 Å². The summed E-state index contributed by atoms with van der Waals surface area (Å²) in [6.07, 6.45) is 0.482. The number of carbonyl (C=O) groups is 2. The van der Waals surface area contributed by atoms with Gasteiger partial charge in [-0.25, -0.2) is 4.79 Å². The minimum Gasteiger partial charge on any atom is -0.467 e. The van der Waals surface area contributed by atoms with E-state index in [1.165, 1.54) is 7.11 Å². The van der Waals surface area contributed by atoms with E-state index >= 15 is 0 Å². The van der Waals surface area contributed by atoms with E-state index in [1.807, 2.05) is 13.8 Å². The molecule has 0 saturated heterocycles. The predicted octanol–water partition coefficient (Wildman–Crippen LogP) is -0.483. The van der Waals surface area contributed by atoms with Gasteiger partial charge < -0.3 is 10.1 Å². The van der Waals surface area contributed by atoms with Gasteiger partial charge in [-0.3, -0.25) is 4.79 Å². The van der Waals surface area contributed by atoms with Crippen LogP contribution < -0.4 is 5.32 Å². The van der Waals surface area contributed by atoms with E-state index in [2.05, 4.69) is 30.7 Å². The maximum absolute atomic E-state index is 11.6. The van der Waals surface area contributed by atoms with Gasteiger partial charge in [0.1, 0.15) is 6.04 Å². The molecular formula is C9H15N5O3. The number of nitrogens with one attached hydrogen (secondary N) is 2. The highest BCUT2D eigenvalue weighted by Crippen LogP contribution is 2.06. The number of hydrogen-bond acceptors (Lipinski definition) is 6. The monoisotopic (exact) mass is 241 g/mol. The second-order valence-corrected chi connectivity index (χ2v) is 3.91. The Balaban J connectivity index is 2.66. The quantitative estimate of drug-likeness (QED) is 0.673. The lowest BCUT2D eigenvalue weighted by molar-refractivity contribution is -0.143. The van der Waals surface area contributed by atoms with Crippen LogP contribution >= 0.6 is 0 Å². The summed E-state index contributed by atoms with van der Waals surface area (Å²) in [5, 5.41) is 15.0. The number of hydrogen-bond donors (Lipinski definition) is 2. The average molecular weight is 241 g/mol. The van der Waals surface area contributed by atoms with Gasteiger partial charge >= 0.3 is 5.97 Å². The van der Waals surface area contributed by atoms with Gasteiger partial charge in [0.25, 0.3) is 11.7 Å². The number of nitrogens with zero attached hydrogens (tertiary/aromatic N) is 3. The van der Waals surface area contributed by atoms with Crippen molar-refractivity contribution in [2.24, 2.45) is 5.92 Å². The van der Waals surface area contributed by atoms with Crippen molar-refractivity contribution in [1.29, 1.82) is 0 Å². The molecule has 1 unspecified atom stereocenters. The minimum atomic E-state index is -0.703. The molecule has 1 aromatic rings. The number of rotatable bonds is 5. The van der Waals surface area contributed by atoms with Crippen LogP contribution in [0.2, 0.25) is 0 Å². The van der Waals surface area contributed by atoms with Crippen LogP contribution in [0, 0.1) is 5.92 Å². The molecule has 8 heteroatoms. The van der Waals surface area contributed by atoms with Gasteiger partial charge in [-0.15, -0.1) is 10.2 Å². The van der Waals surface area contributed by atoms with E-state index < -0.39 is 17.9 Å². The Hall–Kier alpha value is -1.99. The van der Waals surface area contributed by atoms with Gasteiger partial charge in [0, 0.05) is 0 Å². The van der Waals surface area contributed by atoms with Gasteiger partial charge in [0.2, 0.25) is 0 Å². The van der Waals surface area contributed by atoms with E-state index in [0.29, 0.717) is 6.42 Å². The van der Waals surface area contributed by atoms with Crippen molar-refractivity contribution in [3.63, 3.8) is 0 Å². The smallest absolute Gasteiger partial charge is 0.328 e. The maximum atomic E-state index is 11.6. The second kappa shape index (κ2) is 5.92. The van der Waals surface area contributed by atoms with E-state index in [-0.39, 0.29) is 11.7 Å². The first-order valence-corrected chi connectivity index (χ1v) is 5.16. The molecule has 1 aromatic heterocycles. The number of methoxy groups -OCH3 is 1. The fourth-order valence-corrected chi connectivity index (χ4v) is 1.31. The third-order valence-corrected chi connectivity index (χ3v) is 2.05. The van der Waals surface area contributed by atoms with Crippen molar-refractivity contribution in [3.05, 3.63) is 5.82 Å². The third-order valence-electron chi connectivity index (χ3n) is 2.05. The van der Waals surface area contributed by atoms with Crippen LogP contribution in [-0.2, 0) is 9.53 Å². The average Bonchev–Trinajstić information content (AvgIpc) is 2.79. The molecule has 0 spiro atoms. The minimum absolute atomic E-state index is 0.109. The number of esters is 1. The van der Waals surface area contributed by atoms with Crippen molar-refractivity contribution in [1.82, 2.24) is 25.9 Å². The van der Waals surface area contributed by atoms with Gasteiger partial charge in [0.15, 0.2) is 0 Å². The zero-order valence-electron chi connectivity index (χ0n) is 9.93. The largest absolute Gasteiger partial charge is 0.467 e. The molecule has 1 heterocycles. The zero-order valence-corrected chi connectivity index (χ0v) is 9.93. The SMILES string of the molecule is COC(=O)C(CC(C)C)NC(=O)c1nn[nH]n1. The molecule has 94 valence electrons. The molecule has 1 amide bonds. The predicted molar refractivity (Wildman–Crippen MR) is 56.9 cm³/mol. The molecule has 0 aliphatic rings. The molecule has 0 bridgehead atoms. The molecule has 1 rings (SSSR count). The Morgan fingerprint density at radius 1 is 1.47 bits per heavy atom. The fraction of sp³-hybridized carbons (Fsp3) is 0.667. The van der Waals surface area contributed by atoms with Crippen LogP contribution in [0.3, 0.4) is 0 Å². The molecule has 0 radical (unpaired) electrons. The molecule has 0 aliphatic heterocycles. The molecule has 2 N–H and O–H groups in total.